The van der Waals surface area contributed by atoms with Crippen LogP contribution in [0.2, 0.25) is 0 Å². The molecule has 0 saturated carbocycles. The van der Waals surface area contributed by atoms with Crippen molar-refractivity contribution in [2.75, 3.05) is 39.4 Å². The lowest BCUT2D eigenvalue weighted by Crippen LogP contribution is -2.47. The Bertz CT molecular complexity index is 465. The molecule has 1 aromatic rings. The largest absolute Gasteiger partial charge is 0.381 e. The summed E-state index contributed by atoms with van der Waals surface area (Å²) >= 11 is 3.57. The van der Waals surface area contributed by atoms with Crippen LogP contribution in [-0.4, -0.2) is 44.3 Å². The molecule has 2 heterocycles. The molecule has 2 saturated heterocycles. The number of piperazine rings is 1. The van der Waals surface area contributed by atoms with E-state index >= 15 is 0 Å². The molecule has 23 heavy (non-hydrogen) atoms. The normalized spacial score (nSPS) is 21.1. The summed E-state index contributed by atoms with van der Waals surface area (Å²) in [5.74, 6) is 0.398. The Balaban J connectivity index is 0.00000132. The maximum Gasteiger partial charge on any atom is 0.124 e. The van der Waals surface area contributed by atoms with Gasteiger partial charge in [0.1, 0.15) is 5.82 Å². The number of hydrogen-bond donors (Lipinski definition) is 1. The highest BCUT2D eigenvalue weighted by Gasteiger charge is 2.32. The minimum absolute atomic E-state index is 0. The smallest absolute Gasteiger partial charge is 0.124 e. The van der Waals surface area contributed by atoms with Crippen LogP contribution in [0, 0.1) is 11.7 Å². The van der Waals surface area contributed by atoms with Crippen molar-refractivity contribution in [3.8, 4) is 0 Å². The fourth-order valence-electron chi connectivity index (χ4n) is 3.48. The Morgan fingerprint density at radius 3 is 2.43 bits per heavy atom. The van der Waals surface area contributed by atoms with Crippen molar-refractivity contribution >= 4 is 40.7 Å². The van der Waals surface area contributed by atoms with E-state index in [1.54, 1.807) is 12.1 Å². The lowest BCUT2D eigenvalue weighted by atomic mass is 9.85. The molecule has 3 nitrogen and oxygen atoms in total. The Kier molecular flexibility index (Phi) is 9.34. The number of rotatable bonds is 3. The van der Waals surface area contributed by atoms with Crippen molar-refractivity contribution < 1.29 is 9.13 Å². The van der Waals surface area contributed by atoms with Crippen LogP contribution in [-0.2, 0) is 4.74 Å². The van der Waals surface area contributed by atoms with Crippen LogP contribution in [0.3, 0.4) is 0 Å². The number of nitrogens with zero attached hydrogens (tertiary/aromatic N) is 1. The van der Waals surface area contributed by atoms with E-state index in [1.807, 2.05) is 6.07 Å². The lowest BCUT2D eigenvalue weighted by molar-refractivity contribution is 0.0211. The molecule has 7 heteroatoms. The van der Waals surface area contributed by atoms with Gasteiger partial charge < -0.3 is 10.1 Å². The van der Waals surface area contributed by atoms with Crippen LogP contribution < -0.4 is 5.32 Å². The van der Waals surface area contributed by atoms with Gasteiger partial charge in [-0.3, -0.25) is 4.90 Å². The highest BCUT2D eigenvalue weighted by Crippen LogP contribution is 2.38. The first kappa shape index (κ1) is 21.1. The summed E-state index contributed by atoms with van der Waals surface area (Å²) < 4.78 is 19.8. The van der Waals surface area contributed by atoms with Gasteiger partial charge in [-0.15, -0.1) is 24.8 Å². The molecular formula is C16H24BrCl2FN2O. The quantitative estimate of drug-likeness (QED) is 0.790. The first-order valence-corrected chi connectivity index (χ1v) is 8.52. The van der Waals surface area contributed by atoms with Crippen LogP contribution in [0.4, 0.5) is 4.39 Å². The first-order chi connectivity index (χ1) is 10.3. The summed E-state index contributed by atoms with van der Waals surface area (Å²) in [4.78, 5) is 2.55. The first-order valence-electron chi connectivity index (χ1n) is 7.73. The monoisotopic (exact) mass is 428 g/mol. The Morgan fingerprint density at radius 2 is 1.83 bits per heavy atom. The second-order valence-electron chi connectivity index (χ2n) is 5.85. The number of benzene rings is 1. The highest BCUT2D eigenvalue weighted by molar-refractivity contribution is 9.10. The lowest BCUT2D eigenvalue weighted by Gasteiger charge is -2.41. The van der Waals surface area contributed by atoms with Gasteiger partial charge in [0.2, 0.25) is 0 Å². The van der Waals surface area contributed by atoms with Gasteiger partial charge in [0.15, 0.2) is 0 Å². The molecule has 1 aromatic carbocycles. The zero-order chi connectivity index (χ0) is 14.7. The Labute approximate surface area is 158 Å². The van der Waals surface area contributed by atoms with E-state index in [2.05, 4.69) is 26.1 Å². The SMILES string of the molecule is Cl.Cl.Fc1ccc([C@@H](C2CCOCC2)N2CCNCC2)c(Br)c1. The van der Waals surface area contributed by atoms with E-state index in [4.69, 9.17) is 4.74 Å². The van der Waals surface area contributed by atoms with Crippen LogP contribution in [0.25, 0.3) is 0 Å². The van der Waals surface area contributed by atoms with Gasteiger partial charge in [0.25, 0.3) is 0 Å². The van der Waals surface area contributed by atoms with E-state index < -0.39 is 0 Å². The molecule has 1 N–H and O–H groups in total. The zero-order valence-electron chi connectivity index (χ0n) is 13.0. The average molecular weight is 430 g/mol. The molecule has 2 aliphatic heterocycles. The number of ether oxygens (including phenoxy) is 1. The van der Waals surface area contributed by atoms with Crippen LogP contribution in [0.5, 0.6) is 0 Å². The summed E-state index contributed by atoms with van der Waals surface area (Å²) in [5.41, 5.74) is 1.21. The molecule has 1 atom stereocenters. The predicted octanol–water partition coefficient (Wildman–Crippen LogP) is 3.80. The van der Waals surface area contributed by atoms with Gasteiger partial charge in [0.05, 0.1) is 0 Å². The summed E-state index contributed by atoms with van der Waals surface area (Å²) in [6, 6.07) is 5.46. The molecule has 0 aliphatic carbocycles. The molecule has 0 amide bonds. The molecule has 2 aliphatic rings. The minimum atomic E-state index is -0.184. The molecule has 0 unspecified atom stereocenters. The van der Waals surface area contributed by atoms with Gasteiger partial charge in [-0.2, -0.15) is 0 Å². The molecule has 0 aromatic heterocycles. The van der Waals surface area contributed by atoms with Gasteiger partial charge in [0, 0.05) is 49.9 Å². The molecule has 0 radical (unpaired) electrons. The van der Waals surface area contributed by atoms with E-state index in [1.165, 1.54) is 5.56 Å². The second-order valence-corrected chi connectivity index (χ2v) is 6.70. The summed E-state index contributed by atoms with van der Waals surface area (Å²) in [6.45, 7) is 5.83. The summed E-state index contributed by atoms with van der Waals surface area (Å²) in [6.07, 6.45) is 2.16. The number of hydrogen-bond acceptors (Lipinski definition) is 3. The Morgan fingerprint density at radius 1 is 1.17 bits per heavy atom. The second kappa shape index (κ2) is 10.2. The van der Waals surface area contributed by atoms with Gasteiger partial charge in [-0.1, -0.05) is 22.0 Å². The van der Waals surface area contributed by atoms with Crippen LogP contribution in [0.15, 0.2) is 22.7 Å². The van der Waals surface area contributed by atoms with Gasteiger partial charge in [-0.25, -0.2) is 4.39 Å². The van der Waals surface area contributed by atoms with Gasteiger partial charge in [-0.05, 0) is 36.5 Å². The Hall–Kier alpha value is 0.0900. The standard InChI is InChI=1S/C16H22BrFN2O.2ClH/c17-15-11-13(18)1-2-14(15)16(12-3-9-21-10-4-12)20-7-5-19-6-8-20;;/h1-2,11-12,16,19H,3-10H2;2*1H/t16-;;/m1../s1. The van der Waals surface area contributed by atoms with Crippen molar-refractivity contribution in [2.45, 2.75) is 18.9 Å². The third-order valence-electron chi connectivity index (χ3n) is 4.54. The summed E-state index contributed by atoms with van der Waals surface area (Å²) in [5, 5.41) is 3.41. The van der Waals surface area contributed by atoms with Crippen LogP contribution in [0.1, 0.15) is 24.4 Å². The van der Waals surface area contributed by atoms with Crippen molar-refractivity contribution in [1.82, 2.24) is 10.2 Å². The van der Waals surface area contributed by atoms with Crippen molar-refractivity contribution in [2.24, 2.45) is 5.92 Å². The predicted molar refractivity (Wildman–Crippen MR) is 99.3 cm³/mol. The maximum absolute atomic E-state index is 13.4. The number of halogens is 4. The van der Waals surface area contributed by atoms with E-state index in [0.717, 1.165) is 56.7 Å². The molecule has 0 spiro atoms. The molecule has 3 rings (SSSR count). The maximum atomic E-state index is 13.4. The van der Waals surface area contributed by atoms with Crippen molar-refractivity contribution in [3.63, 3.8) is 0 Å². The minimum Gasteiger partial charge on any atom is -0.381 e. The topological polar surface area (TPSA) is 24.5 Å². The highest BCUT2D eigenvalue weighted by atomic mass is 79.9. The molecule has 2 fully saturated rings. The van der Waals surface area contributed by atoms with Crippen LogP contribution >= 0.6 is 40.7 Å². The van der Waals surface area contributed by atoms with Crippen molar-refractivity contribution in [1.29, 1.82) is 0 Å². The molecule has 0 bridgehead atoms. The summed E-state index contributed by atoms with van der Waals surface area (Å²) in [7, 11) is 0. The fraction of sp³-hybridized carbons (Fsp3) is 0.625. The molecular weight excluding hydrogens is 406 g/mol. The van der Waals surface area contributed by atoms with Gasteiger partial charge >= 0.3 is 0 Å². The molecule has 132 valence electrons. The van der Waals surface area contributed by atoms with E-state index in [0.29, 0.717) is 12.0 Å². The average Bonchev–Trinajstić information content (AvgIpc) is 2.52. The van der Waals surface area contributed by atoms with E-state index in [9.17, 15) is 4.39 Å². The third-order valence-corrected chi connectivity index (χ3v) is 5.23. The zero-order valence-corrected chi connectivity index (χ0v) is 16.2. The fourth-order valence-corrected chi connectivity index (χ4v) is 4.07. The third kappa shape index (κ3) is 5.28. The number of nitrogens with one attached hydrogen (secondary N) is 1. The van der Waals surface area contributed by atoms with E-state index in [-0.39, 0.29) is 30.6 Å². The van der Waals surface area contributed by atoms with Crippen molar-refractivity contribution in [3.05, 3.63) is 34.1 Å².